The van der Waals surface area contributed by atoms with E-state index in [-0.39, 0.29) is 5.78 Å². The van der Waals surface area contributed by atoms with Crippen LogP contribution in [0.5, 0.6) is 0 Å². The van der Waals surface area contributed by atoms with Gasteiger partial charge in [0, 0.05) is 25.5 Å². The second-order valence-corrected chi connectivity index (χ2v) is 7.15. The van der Waals surface area contributed by atoms with Gasteiger partial charge in [0.1, 0.15) is 0 Å². The smallest absolute Gasteiger partial charge is 0.205 e. The summed E-state index contributed by atoms with van der Waals surface area (Å²) in [4.78, 5) is 13.2. The molecule has 0 unspecified atom stereocenters. The molecule has 2 aromatic heterocycles. The van der Waals surface area contributed by atoms with Gasteiger partial charge in [0.05, 0.1) is 9.90 Å². The van der Waals surface area contributed by atoms with Crippen LogP contribution in [0.2, 0.25) is 5.02 Å². The van der Waals surface area contributed by atoms with Gasteiger partial charge in [-0.25, -0.2) is 0 Å². The molecule has 0 fully saturated rings. The first kappa shape index (κ1) is 13.3. The average molecular weight is 372 g/mol. The summed E-state index contributed by atoms with van der Waals surface area (Å²) in [5.74, 6) is 0.00690. The topological polar surface area (TPSA) is 17.1 Å². The highest BCUT2D eigenvalue weighted by Crippen LogP contribution is 2.36. The maximum Gasteiger partial charge on any atom is 0.205 e. The molecule has 3 rings (SSSR count). The molecule has 3 aromatic rings. The van der Waals surface area contributed by atoms with Crippen molar-refractivity contribution >= 4 is 66.1 Å². The molecule has 1 nitrogen and oxygen atoms in total. The third-order valence-electron chi connectivity index (χ3n) is 2.90. The van der Waals surface area contributed by atoms with Crippen molar-refractivity contribution in [3.05, 3.63) is 54.5 Å². The van der Waals surface area contributed by atoms with Crippen molar-refractivity contribution in [2.75, 3.05) is 0 Å². The van der Waals surface area contributed by atoms with Crippen molar-refractivity contribution in [1.82, 2.24) is 0 Å². The summed E-state index contributed by atoms with van der Waals surface area (Å²) in [6.07, 6.45) is 0. The second-order valence-electron chi connectivity index (χ2n) is 4.16. The number of fused-ring (bicyclic) bond motifs is 1. The van der Waals surface area contributed by atoms with Crippen molar-refractivity contribution in [2.24, 2.45) is 0 Å². The van der Waals surface area contributed by atoms with Crippen LogP contribution in [0.1, 0.15) is 20.8 Å². The lowest BCUT2D eigenvalue weighted by Gasteiger charge is -1.99. The largest absolute Gasteiger partial charge is 0.288 e. The Morgan fingerprint density at radius 2 is 2.05 bits per heavy atom. The van der Waals surface area contributed by atoms with E-state index in [9.17, 15) is 4.79 Å². The van der Waals surface area contributed by atoms with Crippen molar-refractivity contribution in [3.8, 4) is 0 Å². The van der Waals surface area contributed by atoms with Gasteiger partial charge in [-0.1, -0.05) is 23.7 Å². The lowest BCUT2D eigenvalue weighted by atomic mass is 10.1. The van der Waals surface area contributed by atoms with Gasteiger partial charge in [0.25, 0.3) is 0 Å². The molecule has 2 heterocycles. The molecule has 0 spiro atoms. The lowest BCUT2D eigenvalue weighted by Crippen LogP contribution is -1.98. The van der Waals surface area contributed by atoms with Gasteiger partial charge in [0.15, 0.2) is 0 Å². The molecule has 0 aliphatic heterocycles. The van der Waals surface area contributed by atoms with Crippen LogP contribution in [0.25, 0.3) is 10.1 Å². The predicted octanol–water partition coefficient (Wildman–Crippen LogP) is 5.92. The number of ketones is 1. The Morgan fingerprint density at radius 3 is 2.74 bits per heavy atom. The summed E-state index contributed by atoms with van der Waals surface area (Å²) < 4.78 is 2.11. The maximum absolute atomic E-state index is 12.6. The fraction of sp³-hybridized carbons (Fsp3) is 0.0714. The number of aryl methyl sites for hydroxylation is 1. The molecule has 0 bridgehead atoms. The van der Waals surface area contributed by atoms with Crippen LogP contribution in [0.4, 0.5) is 0 Å². The minimum absolute atomic E-state index is 0.00690. The normalized spacial score (nSPS) is 11.1. The molecule has 96 valence electrons. The number of halogens is 2. The van der Waals surface area contributed by atoms with Crippen LogP contribution >= 0.6 is 50.2 Å². The fourth-order valence-electron chi connectivity index (χ4n) is 1.90. The van der Waals surface area contributed by atoms with Gasteiger partial charge in [0.2, 0.25) is 5.78 Å². The molecular weight excluding hydrogens is 364 g/mol. The molecule has 0 saturated carbocycles. The first-order valence-corrected chi connectivity index (χ1v) is 8.46. The van der Waals surface area contributed by atoms with Crippen molar-refractivity contribution in [3.63, 3.8) is 0 Å². The summed E-state index contributed by atoms with van der Waals surface area (Å²) in [7, 11) is 0. The van der Waals surface area contributed by atoms with E-state index < -0.39 is 0 Å². The molecule has 0 radical (unpaired) electrons. The number of carbonyl (C=O) groups excluding carboxylic acids is 1. The SMILES string of the molecule is Cc1csc(C(=O)c2csc3c(Br)cccc23)c1Cl. The van der Waals surface area contributed by atoms with E-state index in [1.54, 1.807) is 11.3 Å². The van der Waals surface area contributed by atoms with Crippen molar-refractivity contribution in [1.29, 1.82) is 0 Å². The van der Waals surface area contributed by atoms with Crippen LogP contribution in [-0.2, 0) is 0 Å². The molecular formula is C14H8BrClOS2. The Kier molecular flexibility index (Phi) is 3.52. The first-order chi connectivity index (χ1) is 9.09. The van der Waals surface area contributed by atoms with E-state index in [1.165, 1.54) is 11.3 Å². The van der Waals surface area contributed by atoms with Gasteiger partial charge in [-0.15, -0.1) is 22.7 Å². The highest BCUT2D eigenvalue weighted by molar-refractivity contribution is 9.10. The second kappa shape index (κ2) is 5.02. The Balaban J connectivity index is 2.17. The van der Waals surface area contributed by atoms with Crippen LogP contribution < -0.4 is 0 Å². The van der Waals surface area contributed by atoms with Gasteiger partial charge < -0.3 is 0 Å². The van der Waals surface area contributed by atoms with E-state index in [4.69, 9.17) is 11.6 Å². The Labute approximate surface area is 132 Å². The zero-order valence-electron chi connectivity index (χ0n) is 9.87. The first-order valence-electron chi connectivity index (χ1n) is 5.53. The van der Waals surface area contributed by atoms with Crippen LogP contribution in [0.3, 0.4) is 0 Å². The molecule has 5 heteroatoms. The van der Waals surface area contributed by atoms with E-state index in [0.29, 0.717) is 9.90 Å². The highest BCUT2D eigenvalue weighted by atomic mass is 79.9. The van der Waals surface area contributed by atoms with Gasteiger partial charge in [-0.2, -0.15) is 0 Å². The highest BCUT2D eigenvalue weighted by Gasteiger charge is 2.20. The maximum atomic E-state index is 12.6. The van der Waals surface area contributed by atoms with Gasteiger partial charge in [-0.3, -0.25) is 4.79 Å². The number of benzene rings is 1. The van der Waals surface area contributed by atoms with Gasteiger partial charge in [-0.05, 0) is 39.9 Å². The van der Waals surface area contributed by atoms with Crippen molar-refractivity contribution < 1.29 is 4.79 Å². The number of thiophene rings is 2. The zero-order valence-corrected chi connectivity index (χ0v) is 13.8. The molecule has 19 heavy (non-hydrogen) atoms. The Bertz CT molecular complexity index is 788. The molecule has 0 N–H and O–H groups in total. The summed E-state index contributed by atoms with van der Waals surface area (Å²) >= 11 is 12.7. The third-order valence-corrected chi connectivity index (χ3v) is 6.55. The van der Waals surface area contributed by atoms with E-state index in [1.807, 2.05) is 35.9 Å². The third kappa shape index (κ3) is 2.17. The molecule has 0 amide bonds. The number of hydrogen-bond acceptors (Lipinski definition) is 3. The monoisotopic (exact) mass is 370 g/mol. The van der Waals surface area contributed by atoms with Crippen molar-refractivity contribution in [2.45, 2.75) is 6.92 Å². The zero-order chi connectivity index (χ0) is 13.6. The molecule has 0 atom stereocenters. The summed E-state index contributed by atoms with van der Waals surface area (Å²) in [6, 6.07) is 5.89. The van der Waals surface area contributed by atoms with Gasteiger partial charge >= 0.3 is 0 Å². The summed E-state index contributed by atoms with van der Waals surface area (Å²) in [5, 5.41) is 5.37. The molecule has 0 aliphatic rings. The fourth-order valence-corrected chi connectivity index (χ4v) is 4.74. The summed E-state index contributed by atoms with van der Waals surface area (Å²) in [5.41, 5.74) is 1.68. The predicted molar refractivity (Wildman–Crippen MR) is 87.0 cm³/mol. The summed E-state index contributed by atoms with van der Waals surface area (Å²) in [6.45, 7) is 1.91. The number of carbonyl (C=O) groups is 1. The van der Waals surface area contributed by atoms with Crippen LogP contribution in [0, 0.1) is 6.92 Å². The quantitative estimate of drug-likeness (QED) is 0.511. The minimum Gasteiger partial charge on any atom is -0.288 e. The Morgan fingerprint density at radius 1 is 1.26 bits per heavy atom. The van der Waals surface area contributed by atoms with Crippen LogP contribution in [-0.4, -0.2) is 5.78 Å². The molecule has 0 aliphatic carbocycles. The number of hydrogen-bond donors (Lipinski definition) is 0. The average Bonchev–Trinajstić information content (AvgIpc) is 2.96. The standard InChI is InChI=1S/C14H8BrClOS2/c1-7-5-18-14(11(7)16)12(17)9-6-19-13-8(9)3-2-4-10(13)15/h2-6H,1H3. The van der Waals surface area contributed by atoms with E-state index >= 15 is 0 Å². The molecule has 0 saturated heterocycles. The van der Waals surface area contributed by atoms with Crippen LogP contribution in [0.15, 0.2) is 33.4 Å². The minimum atomic E-state index is 0.00690. The van der Waals surface area contributed by atoms with E-state index in [2.05, 4.69) is 15.9 Å². The molecule has 1 aromatic carbocycles. The lowest BCUT2D eigenvalue weighted by molar-refractivity contribution is 0.104. The van der Waals surface area contributed by atoms with E-state index in [0.717, 1.165) is 25.7 Å². The Hall–Kier alpha value is -0.680. The number of rotatable bonds is 2.